The SMILES string of the molecule is COC(=O)c1c(N)c(C#N)cn1-c1ccc(I)cc1[N+](=O)[O-]. The molecule has 0 saturated carbocycles. The van der Waals surface area contributed by atoms with Gasteiger partial charge in [-0.05, 0) is 34.7 Å². The van der Waals surface area contributed by atoms with Gasteiger partial charge in [0.25, 0.3) is 5.69 Å². The van der Waals surface area contributed by atoms with Crippen LogP contribution < -0.4 is 5.73 Å². The minimum absolute atomic E-state index is 0.0354. The highest BCUT2D eigenvalue weighted by Crippen LogP contribution is 2.30. The molecule has 1 aromatic heterocycles. The summed E-state index contributed by atoms with van der Waals surface area (Å²) in [4.78, 5) is 22.6. The van der Waals surface area contributed by atoms with Crippen LogP contribution in [0.15, 0.2) is 24.4 Å². The fraction of sp³-hybridized carbons (Fsp3) is 0.0769. The van der Waals surface area contributed by atoms with Crippen molar-refractivity contribution in [2.75, 3.05) is 12.8 Å². The normalized spacial score (nSPS) is 10.0. The van der Waals surface area contributed by atoms with Crippen LogP contribution in [-0.2, 0) is 4.74 Å². The van der Waals surface area contributed by atoms with Crippen LogP contribution >= 0.6 is 22.6 Å². The van der Waals surface area contributed by atoms with Gasteiger partial charge in [-0.2, -0.15) is 5.26 Å². The quantitative estimate of drug-likeness (QED) is 0.357. The molecule has 0 aliphatic rings. The van der Waals surface area contributed by atoms with E-state index in [0.717, 1.165) is 7.11 Å². The topological polar surface area (TPSA) is 124 Å². The Bertz CT molecular complexity index is 822. The molecule has 0 radical (unpaired) electrons. The lowest BCUT2D eigenvalue weighted by Crippen LogP contribution is -2.12. The molecule has 22 heavy (non-hydrogen) atoms. The number of nitro groups is 1. The average Bonchev–Trinajstić information content (AvgIpc) is 2.83. The first kappa shape index (κ1) is 15.8. The molecule has 0 fully saturated rings. The summed E-state index contributed by atoms with van der Waals surface area (Å²) in [6.07, 6.45) is 1.27. The van der Waals surface area contributed by atoms with Crippen molar-refractivity contribution in [3.8, 4) is 11.8 Å². The van der Waals surface area contributed by atoms with E-state index in [1.807, 2.05) is 28.7 Å². The Morgan fingerprint density at radius 3 is 2.77 bits per heavy atom. The van der Waals surface area contributed by atoms with Crippen molar-refractivity contribution in [1.29, 1.82) is 5.26 Å². The number of carbonyl (C=O) groups excluding carboxylic acids is 1. The highest BCUT2D eigenvalue weighted by atomic mass is 127. The van der Waals surface area contributed by atoms with E-state index in [2.05, 4.69) is 4.74 Å². The third kappa shape index (κ3) is 2.60. The van der Waals surface area contributed by atoms with E-state index in [0.29, 0.717) is 3.57 Å². The Balaban J connectivity index is 2.81. The lowest BCUT2D eigenvalue weighted by molar-refractivity contribution is -0.384. The minimum Gasteiger partial charge on any atom is -0.464 e. The largest absolute Gasteiger partial charge is 0.464 e. The maximum absolute atomic E-state index is 11.9. The number of benzene rings is 1. The van der Waals surface area contributed by atoms with Gasteiger partial charge in [0.1, 0.15) is 11.8 Å². The second-order valence-electron chi connectivity index (χ2n) is 4.17. The first-order valence-corrected chi connectivity index (χ1v) is 6.92. The van der Waals surface area contributed by atoms with Crippen molar-refractivity contribution in [1.82, 2.24) is 4.57 Å². The molecule has 0 unspecified atom stereocenters. The van der Waals surface area contributed by atoms with Crippen LogP contribution in [-0.4, -0.2) is 22.6 Å². The van der Waals surface area contributed by atoms with Gasteiger partial charge in [-0.3, -0.25) is 10.1 Å². The van der Waals surface area contributed by atoms with E-state index in [-0.39, 0.29) is 28.3 Å². The number of rotatable bonds is 3. The maximum Gasteiger partial charge on any atom is 0.357 e. The molecule has 0 spiro atoms. The molecule has 0 bridgehead atoms. The smallest absolute Gasteiger partial charge is 0.357 e. The predicted molar refractivity (Wildman–Crippen MR) is 85.6 cm³/mol. The lowest BCUT2D eigenvalue weighted by Gasteiger charge is -2.09. The number of nitrogen functional groups attached to an aromatic ring is 1. The standard InChI is InChI=1S/C13H9IN4O4/c1-22-13(19)12-11(16)7(5-15)6-17(12)9-3-2-8(14)4-10(9)18(20)21/h2-4,6H,16H2,1H3. The Morgan fingerprint density at radius 1 is 1.55 bits per heavy atom. The molecule has 1 aromatic carbocycles. The number of methoxy groups -OCH3 is 1. The molecule has 0 aliphatic heterocycles. The van der Waals surface area contributed by atoms with Crippen LogP contribution in [0.5, 0.6) is 0 Å². The fourth-order valence-corrected chi connectivity index (χ4v) is 2.43. The number of halogens is 1. The van der Waals surface area contributed by atoms with Gasteiger partial charge < -0.3 is 15.0 Å². The summed E-state index contributed by atoms with van der Waals surface area (Å²) in [5, 5.41) is 20.3. The van der Waals surface area contributed by atoms with Gasteiger partial charge >= 0.3 is 5.97 Å². The summed E-state index contributed by atoms with van der Waals surface area (Å²) >= 11 is 1.94. The third-order valence-electron chi connectivity index (χ3n) is 2.94. The molecule has 8 nitrogen and oxygen atoms in total. The van der Waals surface area contributed by atoms with Crippen LogP contribution in [0.4, 0.5) is 11.4 Å². The fourth-order valence-electron chi connectivity index (χ4n) is 1.95. The molecule has 1 heterocycles. The van der Waals surface area contributed by atoms with Crippen LogP contribution in [0.2, 0.25) is 0 Å². The Morgan fingerprint density at radius 2 is 2.23 bits per heavy atom. The van der Waals surface area contributed by atoms with E-state index in [9.17, 15) is 14.9 Å². The summed E-state index contributed by atoms with van der Waals surface area (Å²) in [7, 11) is 1.16. The first-order chi connectivity index (χ1) is 10.4. The van der Waals surface area contributed by atoms with Crippen molar-refractivity contribution < 1.29 is 14.5 Å². The number of esters is 1. The van der Waals surface area contributed by atoms with Crippen LogP contribution in [0.3, 0.4) is 0 Å². The highest BCUT2D eigenvalue weighted by Gasteiger charge is 2.25. The molecule has 0 atom stereocenters. The first-order valence-electron chi connectivity index (χ1n) is 5.84. The molecule has 9 heteroatoms. The average molecular weight is 412 g/mol. The Kier molecular flexibility index (Phi) is 4.32. The molecule has 2 N–H and O–H groups in total. The number of nitrogens with two attached hydrogens (primary N) is 1. The second kappa shape index (κ2) is 6.02. The number of ether oxygens (including phenoxy) is 1. The van der Waals surface area contributed by atoms with Gasteiger partial charge in [-0.25, -0.2) is 4.79 Å². The zero-order valence-corrected chi connectivity index (χ0v) is 13.4. The van der Waals surface area contributed by atoms with Gasteiger partial charge in [0.15, 0.2) is 5.69 Å². The van der Waals surface area contributed by atoms with Gasteiger partial charge in [-0.15, -0.1) is 0 Å². The maximum atomic E-state index is 11.9. The van der Waals surface area contributed by atoms with Crippen LogP contribution in [0, 0.1) is 25.0 Å². The molecule has 2 rings (SSSR count). The van der Waals surface area contributed by atoms with Gasteiger partial charge in [0.2, 0.25) is 0 Å². The summed E-state index contributed by atoms with van der Waals surface area (Å²) in [5.74, 6) is -0.785. The predicted octanol–water partition coefficient (Wildman–Crippen LogP) is 2.23. The number of hydrogen-bond acceptors (Lipinski definition) is 6. The minimum atomic E-state index is -0.785. The van der Waals surface area contributed by atoms with Crippen molar-refractivity contribution in [3.63, 3.8) is 0 Å². The zero-order chi connectivity index (χ0) is 16.4. The molecule has 0 aliphatic carbocycles. The molecule has 0 amide bonds. The molecular formula is C13H9IN4O4. The molecule has 112 valence electrons. The highest BCUT2D eigenvalue weighted by molar-refractivity contribution is 14.1. The van der Waals surface area contributed by atoms with Crippen LogP contribution in [0.1, 0.15) is 16.1 Å². The zero-order valence-electron chi connectivity index (χ0n) is 11.2. The van der Waals surface area contributed by atoms with Gasteiger partial charge in [0.05, 0.1) is 23.3 Å². The number of nitriles is 1. The number of nitrogens with zero attached hydrogens (tertiary/aromatic N) is 3. The molecule has 2 aromatic rings. The van der Waals surface area contributed by atoms with Crippen molar-refractivity contribution in [2.24, 2.45) is 0 Å². The summed E-state index contributed by atoms with van der Waals surface area (Å²) < 4.78 is 6.50. The number of anilines is 1. The monoisotopic (exact) mass is 412 g/mol. The number of nitro benzene ring substituents is 1. The lowest BCUT2D eigenvalue weighted by atomic mass is 10.2. The van der Waals surface area contributed by atoms with Crippen molar-refractivity contribution in [3.05, 3.63) is 49.3 Å². The Labute approximate surface area is 138 Å². The third-order valence-corrected chi connectivity index (χ3v) is 3.61. The Hall–Kier alpha value is -2.61. The van der Waals surface area contributed by atoms with Gasteiger partial charge in [-0.1, -0.05) is 0 Å². The van der Waals surface area contributed by atoms with E-state index in [1.165, 1.54) is 22.9 Å². The van der Waals surface area contributed by atoms with E-state index in [4.69, 9.17) is 11.0 Å². The second-order valence-corrected chi connectivity index (χ2v) is 5.41. The van der Waals surface area contributed by atoms with Gasteiger partial charge in [0, 0.05) is 15.8 Å². The van der Waals surface area contributed by atoms with Crippen LogP contribution in [0.25, 0.3) is 5.69 Å². The summed E-state index contributed by atoms with van der Waals surface area (Å²) in [6, 6.07) is 6.32. The summed E-state index contributed by atoms with van der Waals surface area (Å²) in [6.45, 7) is 0. The van der Waals surface area contributed by atoms with E-state index in [1.54, 1.807) is 6.07 Å². The molecular weight excluding hydrogens is 403 g/mol. The van der Waals surface area contributed by atoms with Crippen molar-refractivity contribution in [2.45, 2.75) is 0 Å². The van der Waals surface area contributed by atoms with Crippen molar-refractivity contribution >= 4 is 39.9 Å². The molecule has 0 saturated heterocycles. The number of carbonyl (C=O) groups is 1. The number of hydrogen-bond donors (Lipinski definition) is 1. The number of aromatic nitrogens is 1. The summed E-state index contributed by atoms with van der Waals surface area (Å²) in [5.41, 5.74) is 5.51. The van der Waals surface area contributed by atoms with E-state index >= 15 is 0 Å². The van der Waals surface area contributed by atoms with E-state index < -0.39 is 10.9 Å².